The van der Waals surface area contributed by atoms with E-state index in [0.717, 1.165) is 16.9 Å². The van der Waals surface area contributed by atoms with Crippen LogP contribution in [0.1, 0.15) is 30.6 Å². The number of para-hydroxylation sites is 1. The van der Waals surface area contributed by atoms with Gasteiger partial charge in [0.25, 0.3) is 0 Å². The monoisotopic (exact) mass is 276 g/mol. The number of aliphatic hydroxyl groups is 1. The first-order chi connectivity index (χ1) is 9.20. The maximum absolute atomic E-state index is 9.95. The summed E-state index contributed by atoms with van der Waals surface area (Å²) in [5, 5.41) is 10.6. The fraction of sp³-hybridized carbons (Fsp3) is 0.250. The average molecular weight is 277 g/mol. The summed E-state index contributed by atoms with van der Waals surface area (Å²) in [6, 6.07) is 15.1. The lowest BCUT2D eigenvalue weighted by Crippen LogP contribution is -2.02. The molecule has 0 heterocycles. The second kappa shape index (κ2) is 6.60. The van der Waals surface area contributed by atoms with E-state index in [1.807, 2.05) is 55.5 Å². The molecule has 0 radical (unpaired) electrons. The van der Waals surface area contributed by atoms with Crippen LogP contribution < -0.4 is 4.74 Å². The highest BCUT2D eigenvalue weighted by Gasteiger charge is 2.11. The van der Waals surface area contributed by atoms with Crippen LogP contribution in [0.5, 0.6) is 5.75 Å². The van der Waals surface area contributed by atoms with Gasteiger partial charge in [0.05, 0.1) is 6.10 Å². The summed E-state index contributed by atoms with van der Waals surface area (Å²) in [6.45, 7) is 2.38. The maximum Gasteiger partial charge on any atom is 0.125 e. The van der Waals surface area contributed by atoms with Gasteiger partial charge in [-0.1, -0.05) is 48.9 Å². The molecule has 2 nitrogen and oxygen atoms in total. The van der Waals surface area contributed by atoms with E-state index in [0.29, 0.717) is 18.1 Å². The van der Waals surface area contributed by atoms with Gasteiger partial charge in [-0.15, -0.1) is 0 Å². The summed E-state index contributed by atoms with van der Waals surface area (Å²) in [7, 11) is 0. The highest BCUT2D eigenvalue weighted by molar-refractivity contribution is 6.30. The van der Waals surface area contributed by atoms with Gasteiger partial charge in [0, 0.05) is 10.6 Å². The lowest BCUT2D eigenvalue weighted by Gasteiger charge is -2.15. The van der Waals surface area contributed by atoms with Gasteiger partial charge < -0.3 is 9.84 Å². The zero-order chi connectivity index (χ0) is 13.7. The van der Waals surface area contributed by atoms with Crippen molar-refractivity contribution in [1.82, 2.24) is 0 Å². The Morgan fingerprint density at radius 1 is 1.16 bits per heavy atom. The third-order valence-corrected chi connectivity index (χ3v) is 3.18. The van der Waals surface area contributed by atoms with Crippen LogP contribution in [-0.4, -0.2) is 5.11 Å². The van der Waals surface area contributed by atoms with Gasteiger partial charge in [0.15, 0.2) is 0 Å². The molecule has 0 saturated heterocycles. The third kappa shape index (κ3) is 3.72. The Balaban J connectivity index is 2.11. The highest BCUT2D eigenvalue weighted by Crippen LogP contribution is 2.27. The van der Waals surface area contributed by atoms with E-state index in [2.05, 4.69) is 0 Å². The Hall–Kier alpha value is -1.51. The Bertz CT molecular complexity index is 540. The molecule has 19 heavy (non-hydrogen) atoms. The fourth-order valence-corrected chi connectivity index (χ4v) is 2.11. The van der Waals surface area contributed by atoms with E-state index in [9.17, 15) is 5.11 Å². The van der Waals surface area contributed by atoms with Crippen LogP contribution in [0.15, 0.2) is 48.5 Å². The summed E-state index contributed by atoms with van der Waals surface area (Å²) < 4.78 is 5.78. The van der Waals surface area contributed by atoms with E-state index >= 15 is 0 Å². The van der Waals surface area contributed by atoms with Crippen LogP contribution in [0.4, 0.5) is 0 Å². The second-order valence-corrected chi connectivity index (χ2v) is 4.82. The molecule has 0 spiro atoms. The second-order valence-electron chi connectivity index (χ2n) is 4.38. The van der Waals surface area contributed by atoms with Gasteiger partial charge in [-0.2, -0.15) is 0 Å². The standard InChI is InChI=1S/C16H17ClO2/c1-2-15(18)14-8-3-4-9-16(14)19-11-12-6-5-7-13(17)10-12/h3-10,15,18H,2,11H2,1H3/t15-/m0/s1. The van der Waals surface area contributed by atoms with Crippen LogP contribution in [0.3, 0.4) is 0 Å². The fourth-order valence-electron chi connectivity index (χ4n) is 1.90. The van der Waals surface area contributed by atoms with Crippen molar-refractivity contribution < 1.29 is 9.84 Å². The van der Waals surface area contributed by atoms with Crippen molar-refractivity contribution in [3.05, 3.63) is 64.7 Å². The lowest BCUT2D eigenvalue weighted by molar-refractivity contribution is 0.166. The first-order valence-electron chi connectivity index (χ1n) is 6.35. The lowest BCUT2D eigenvalue weighted by atomic mass is 10.1. The topological polar surface area (TPSA) is 29.5 Å². The van der Waals surface area contributed by atoms with Gasteiger partial charge in [-0.3, -0.25) is 0 Å². The molecule has 0 unspecified atom stereocenters. The van der Waals surface area contributed by atoms with Crippen LogP contribution in [-0.2, 0) is 6.61 Å². The molecule has 2 aromatic rings. The molecule has 0 bridgehead atoms. The first-order valence-corrected chi connectivity index (χ1v) is 6.72. The molecule has 2 aromatic carbocycles. The van der Waals surface area contributed by atoms with Gasteiger partial charge in [-0.25, -0.2) is 0 Å². The molecule has 1 N–H and O–H groups in total. The molecule has 0 fully saturated rings. The van der Waals surface area contributed by atoms with Crippen LogP contribution >= 0.6 is 11.6 Å². The van der Waals surface area contributed by atoms with E-state index in [1.165, 1.54) is 0 Å². The minimum Gasteiger partial charge on any atom is -0.489 e. The van der Waals surface area contributed by atoms with E-state index < -0.39 is 6.10 Å². The molecular weight excluding hydrogens is 260 g/mol. The number of rotatable bonds is 5. The van der Waals surface area contributed by atoms with Gasteiger partial charge in [0.1, 0.15) is 12.4 Å². The molecule has 0 amide bonds. The zero-order valence-electron chi connectivity index (χ0n) is 10.8. The Labute approximate surface area is 118 Å². The van der Waals surface area contributed by atoms with Crippen LogP contribution in [0.2, 0.25) is 5.02 Å². The molecule has 0 aliphatic carbocycles. The minimum atomic E-state index is -0.490. The number of aliphatic hydroxyl groups excluding tert-OH is 1. The predicted octanol–water partition coefficient (Wildman–Crippen LogP) is 4.36. The Morgan fingerprint density at radius 2 is 1.95 bits per heavy atom. The SMILES string of the molecule is CC[C@H](O)c1ccccc1OCc1cccc(Cl)c1. The predicted molar refractivity (Wildman–Crippen MR) is 77.5 cm³/mol. The molecule has 0 aliphatic heterocycles. The number of hydrogen-bond acceptors (Lipinski definition) is 2. The van der Waals surface area contributed by atoms with E-state index in [-0.39, 0.29) is 0 Å². The zero-order valence-corrected chi connectivity index (χ0v) is 11.6. The summed E-state index contributed by atoms with van der Waals surface area (Å²) in [4.78, 5) is 0. The van der Waals surface area contributed by atoms with Crippen molar-refractivity contribution in [2.45, 2.75) is 26.1 Å². The average Bonchev–Trinajstić information content (AvgIpc) is 2.45. The highest BCUT2D eigenvalue weighted by atomic mass is 35.5. The third-order valence-electron chi connectivity index (χ3n) is 2.95. The first kappa shape index (κ1) is 13.9. The van der Waals surface area contributed by atoms with Crippen LogP contribution in [0.25, 0.3) is 0 Å². The largest absolute Gasteiger partial charge is 0.489 e. The van der Waals surface area contributed by atoms with E-state index in [4.69, 9.17) is 16.3 Å². The normalized spacial score (nSPS) is 12.2. The van der Waals surface area contributed by atoms with Crippen molar-refractivity contribution in [3.63, 3.8) is 0 Å². The summed E-state index contributed by atoms with van der Waals surface area (Å²) in [6.07, 6.45) is 0.174. The molecule has 2 rings (SSSR count). The van der Waals surface area contributed by atoms with E-state index in [1.54, 1.807) is 0 Å². The maximum atomic E-state index is 9.95. The molecule has 0 saturated carbocycles. The van der Waals surface area contributed by atoms with Crippen LogP contribution in [0, 0.1) is 0 Å². The van der Waals surface area contributed by atoms with Crippen molar-refractivity contribution in [2.24, 2.45) is 0 Å². The van der Waals surface area contributed by atoms with Gasteiger partial charge >= 0.3 is 0 Å². The van der Waals surface area contributed by atoms with Gasteiger partial charge in [0.2, 0.25) is 0 Å². The molecule has 0 aromatic heterocycles. The van der Waals surface area contributed by atoms with Crippen molar-refractivity contribution in [2.75, 3.05) is 0 Å². The van der Waals surface area contributed by atoms with Crippen molar-refractivity contribution in [3.8, 4) is 5.75 Å². The minimum absolute atomic E-state index is 0.438. The number of ether oxygens (including phenoxy) is 1. The Morgan fingerprint density at radius 3 is 2.68 bits per heavy atom. The summed E-state index contributed by atoms with van der Waals surface area (Å²) in [5.74, 6) is 0.719. The molecular formula is C16H17ClO2. The number of benzene rings is 2. The smallest absolute Gasteiger partial charge is 0.125 e. The van der Waals surface area contributed by atoms with Crippen molar-refractivity contribution in [1.29, 1.82) is 0 Å². The molecule has 3 heteroatoms. The number of halogens is 1. The Kier molecular flexibility index (Phi) is 4.83. The summed E-state index contributed by atoms with van der Waals surface area (Å²) in [5.41, 5.74) is 1.83. The number of hydrogen-bond donors (Lipinski definition) is 1. The molecule has 100 valence electrons. The van der Waals surface area contributed by atoms with Crippen molar-refractivity contribution >= 4 is 11.6 Å². The summed E-state index contributed by atoms with van der Waals surface area (Å²) >= 11 is 5.94. The molecule has 1 atom stereocenters. The van der Waals surface area contributed by atoms with Gasteiger partial charge in [-0.05, 0) is 30.2 Å². The molecule has 0 aliphatic rings. The quantitative estimate of drug-likeness (QED) is 0.879.